The highest BCUT2D eigenvalue weighted by molar-refractivity contribution is 7.83. The van der Waals surface area contributed by atoms with E-state index in [1.165, 1.54) is 11.1 Å². The summed E-state index contributed by atoms with van der Waals surface area (Å²) in [5.41, 5.74) is 4.74. The molecule has 136 valence electrons. The van der Waals surface area contributed by atoms with Crippen molar-refractivity contribution in [1.29, 1.82) is 0 Å². The first-order valence-electron chi connectivity index (χ1n) is 9.26. The first-order chi connectivity index (χ1) is 12.5. The number of hydrogen-bond donors (Lipinski definition) is 0. The summed E-state index contributed by atoms with van der Waals surface area (Å²) in [4.78, 5) is 0.819. The highest BCUT2D eigenvalue weighted by atomic mass is 32.2. The lowest BCUT2D eigenvalue weighted by Gasteiger charge is -2.20. The van der Waals surface area contributed by atoms with Crippen molar-refractivity contribution in [2.75, 3.05) is 0 Å². The highest BCUT2D eigenvalue weighted by Gasteiger charge is 2.24. The summed E-state index contributed by atoms with van der Waals surface area (Å²) in [5, 5.41) is 0. The van der Waals surface area contributed by atoms with E-state index >= 15 is 0 Å². The Bertz CT molecular complexity index is 909. The first kappa shape index (κ1) is 18.7. The van der Waals surface area contributed by atoms with Gasteiger partial charge in [0.15, 0.2) is 11.0 Å². The number of rotatable bonds is 6. The molecule has 3 rings (SSSR count). The summed E-state index contributed by atoms with van der Waals surface area (Å²) in [6, 6.07) is 20.3. The zero-order chi connectivity index (χ0) is 18.7. The Balaban J connectivity index is 2.21. The lowest BCUT2D eigenvalue weighted by atomic mass is 9.83. The predicted octanol–water partition coefficient (Wildman–Crippen LogP) is 5.98. The van der Waals surface area contributed by atoms with Gasteiger partial charge >= 0.3 is 0 Å². The fraction of sp³-hybridized carbons (Fsp3) is 0.304. The smallest absolute Gasteiger partial charge is 0.157 e. The number of aromatic nitrogens is 1. The lowest BCUT2D eigenvalue weighted by molar-refractivity contribution is 0.506. The maximum atomic E-state index is 13.3. The molecule has 3 aromatic rings. The van der Waals surface area contributed by atoms with Gasteiger partial charge in [0.05, 0.1) is 10.6 Å². The minimum atomic E-state index is -1.27. The molecule has 0 spiro atoms. The quantitative estimate of drug-likeness (QED) is 0.527. The summed E-state index contributed by atoms with van der Waals surface area (Å²) in [6.45, 7) is 8.85. The molecule has 0 bridgehead atoms. The minimum Gasteiger partial charge on any atom is -0.262 e. The molecule has 0 radical (unpaired) electrons. The molecule has 2 nitrogen and oxygen atoms in total. The summed E-state index contributed by atoms with van der Waals surface area (Å²) in [7, 11) is -1.27. The second-order valence-electron chi connectivity index (χ2n) is 7.25. The average Bonchev–Trinajstić information content (AvgIpc) is 3.14. The molecule has 0 aliphatic heterocycles. The molecule has 3 heteroatoms. The summed E-state index contributed by atoms with van der Waals surface area (Å²) in [5.74, 6) is 0. The van der Waals surface area contributed by atoms with Crippen LogP contribution < -0.4 is 0 Å². The van der Waals surface area contributed by atoms with Crippen LogP contribution in [-0.4, -0.2) is 8.18 Å². The van der Waals surface area contributed by atoms with Crippen molar-refractivity contribution in [3.8, 4) is 11.3 Å². The Labute approximate surface area is 159 Å². The molecule has 2 aromatic carbocycles. The van der Waals surface area contributed by atoms with Crippen LogP contribution in [0.15, 0.2) is 71.8 Å². The molecule has 0 fully saturated rings. The van der Waals surface area contributed by atoms with Gasteiger partial charge in [-0.05, 0) is 47.6 Å². The number of hydrogen-bond acceptors (Lipinski definition) is 1. The van der Waals surface area contributed by atoms with Crippen LogP contribution in [-0.2, 0) is 22.8 Å². The van der Waals surface area contributed by atoms with E-state index in [0.717, 1.165) is 29.0 Å². The minimum absolute atomic E-state index is 0.0437. The molecule has 26 heavy (non-hydrogen) atoms. The molecule has 1 unspecified atom stereocenters. The third-order valence-electron chi connectivity index (χ3n) is 5.25. The van der Waals surface area contributed by atoms with Gasteiger partial charge in [-0.15, -0.1) is 0 Å². The third kappa shape index (κ3) is 3.54. The standard InChI is InChI=1S/C23H27NOS/c1-5-18-12-10-11-15-21(18)22-16-19(23(3,4)6-2)17-24(22)26(25)20-13-8-7-9-14-20/h7-17H,5-6H2,1-4H3. The van der Waals surface area contributed by atoms with Crippen molar-refractivity contribution < 1.29 is 4.21 Å². The second kappa shape index (κ2) is 7.63. The van der Waals surface area contributed by atoms with E-state index in [9.17, 15) is 4.21 Å². The zero-order valence-electron chi connectivity index (χ0n) is 16.0. The molecule has 0 saturated heterocycles. The molecule has 0 amide bonds. The van der Waals surface area contributed by atoms with Crippen LogP contribution in [0.2, 0.25) is 0 Å². The van der Waals surface area contributed by atoms with Gasteiger partial charge in [0.25, 0.3) is 0 Å². The molecule has 0 aliphatic carbocycles. The van der Waals surface area contributed by atoms with Crippen LogP contribution in [0.25, 0.3) is 11.3 Å². The van der Waals surface area contributed by atoms with Crippen molar-refractivity contribution in [3.05, 3.63) is 78.0 Å². The van der Waals surface area contributed by atoms with Gasteiger partial charge in [-0.1, -0.05) is 70.2 Å². The molecule has 1 aromatic heterocycles. The topological polar surface area (TPSA) is 22.0 Å². The van der Waals surface area contributed by atoms with Crippen molar-refractivity contribution >= 4 is 11.0 Å². The van der Waals surface area contributed by atoms with Gasteiger partial charge in [0.2, 0.25) is 0 Å². The van der Waals surface area contributed by atoms with E-state index < -0.39 is 11.0 Å². The fourth-order valence-corrected chi connectivity index (χ4v) is 4.24. The third-order valence-corrected chi connectivity index (χ3v) is 6.58. The number of nitrogens with zero attached hydrogens (tertiary/aromatic N) is 1. The van der Waals surface area contributed by atoms with E-state index in [1.807, 2.05) is 34.3 Å². The highest BCUT2D eigenvalue weighted by Crippen LogP contribution is 2.34. The van der Waals surface area contributed by atoms with Gasteiger partial charge in [0.1, 0.15) is 0 Å². The van der Waals surface area contributed by atoms with Gasteiger partial charge in [-0.25, -0.2) is 4.21 Å². The van der Waals surface area contributed by atoms with Crippen molar-refractivity contribution in [1.82, 2.24) is 3.97 Å². The monoisotopic (exact) mass is 365 g/mol. The number of aryl methyl sites for hydroxylation is 1. The molecule has 1 atom stereocenters. The normalized spacial score (nSPS) is 12.9. The van der Waals surface area contributed by atoms with Gasteiger partial charge in [0, 0.05) is 11.8 Å². The Hall–Kier alpha value is -2.13. The van der Waals surface area contributed by atoms with Crippen LogP contribution in [0, 0.1) is 0 Å². The van der Waals surface area contributed by atoms with E-state index in [2.05, 4.69) is 64.2 Å². The van der Waals surface area contributed by atoms with Crippen LogP contribution in [0.5, 0.6) is 0 Å². The van der Waals surface area contributed by atoms with Gasteiger partial charge in [-0.2, -0.15) is 0 Å². The Kier molecular flexibility index (Phi) is 5.47. The van der Waals surface area contributed by atoms with Crippen molar-refractivity contribution in [3.63, 3.8) is 0 Å². The molecule has 0 N–H and O–H groups in total. The van der Waals surface area contributed by atoms with E-state index in [4.69, 9.17) is 0 Å². The van der Waals surface area contributed by atoms with Crippen LogP contribution in [0.3, 0.4) is 0 Å². The van der Waals surface area contributed by atoms with Crippen LogP contribution >= 0.6 is 0 Å². The maximum absolute atomic E-state index is 13.3. The summed E-state index contributed by atoms with van der Waals surface area (Å²) < 4.78 is 15.3. The van der Waals surface area contributed by atoms with Crippen LogP contribution in [0.1, 0.15) is 45.2 Å². The lowest BCUT2D eigenvalue weighted by Crippen LogP contribution is -2.14. The molecular formula is C23H27NOS. The van der Waals surface area contributed by atoms with Gasteiger partial charge in [-0.3, -0.25) is 3.97 Å². The second-order valence-corrected chi connectivity index (χ2v) is 8.61. The largest absolute Gasteiger partial charge is 0.262 e. The van der Waals surface area contributed by atoms with Crippen molar-refractivity contribution in [2.24, 2.45) is 0 Å². The first-order valence-corrected chi connectivity index (χ1v) is 10.4. The Morgan fingerprint density at radius 3 is 2.27 bits per heavy atom. The maximum Gasteiger partial charge on any atom is 0.157 e. The predicted molar refractivity (Wildman–Crippen MR) is 111 cm³/mol. The van der Waals surface area contributed by atoms with E-state index in [1.54, 1.807) is 0 Å². The van der Waals surface area contributed by atoms with E-state index in [-0.39, 0.29) is 5.41 Å². The molecule has 0 saturated carbocycles. The van der Waals surface area contributed by atoms with Crippen LogP contribution in [0.4, 0.5) is 0 Å². The zero-order valence-corrected chi connectivity index (χ0v) is 16.8. The molecule has 0 aliphatic rings. The van der Waals surface area contributed by atoms with Crippen molar-refractivity contribution in [2.45, 2.75) is 50.8 Å². The van der Waals surface area contributed by atoms with Gasteiger partial charge < -0.3 is 0 Å². The molecular weight excluding hydrogens is 338 g/mol. The SMILES string of the molecule is CCc1ccccc1-c1cc(C(C)(C)CC)cn1S(=O)c1ccccc1. The summed E-state index contributed by atoms with van der Waals surface area (Å²) >= 11 is 0. The molecule has 1 heterocycles. The van der Waals surface area contributed by atoms with E-state index in [0.29, 0.717) is 0 Å². The fourth-order valence-electron chi connectivity index (χ4n) is 3.08. The average molecular weight is 366 g/mol. The summed E-state index contributed by atoms with van der Waals surface area (Å²) in [6.07, 6.45) is 4.06. The Morgan fingerprint density at radius 2 is 1.62 bits per heavy atom. The number of benzene rings is 2. The Morgan fingerprint density at radius 1 is 0.962 bits per heavy atom.